The van der Waals surface area contributed by atoms with Crippen LogP contribution in [0.5, 0.6) is 0 Å². The van der Waals surface area contributed by atoms with E-state index in [2.05, 4.69) is 15.4 Å². The van der Waals surface area contributed by atoms with Crippen LogP contribution >= 0.6 is 34.5 Å². The summed E-state index contributed by atoms with van der Waals surface area (Å²) in [6, 6.07) is 10.9. The molecule has 4 aromatic rings. The van der Waals surface area contributed by atoms with E-state index in [9.17, 15) is 24.0 Å². The van der Waals surface area contributed by atoms with Crippen LogP contribution in [0.25, 0.3) is 16.9 Å². The molecule has 0 aliphatic heterocycles. The van der Waals surface area contributed by atoms with Gasteiger partial charge in [0, 0.05) is 31.5 Å². The molecule has 2 aromatic heterocycles. The van der Waals surface area contributed by atoms with Crippen molar-refractivity contribution in [2.24, 2.45) is 0 Å². The maximum Gasteiger partial charge on any atom is 0.408 e. The number of nitrogens with zero attached hydrogens (tertiary/aromatic N) is 3. The van der Waals surface area contributed by atoms with Crippen LogP contribution in [-0.4, -0.2) is 63.1 Å². The number of ether oxygens (including phenoxy) is 3. The number of H-pyrrole nitrogens is 1. The standard InChI is InChI=1S/C32H33Cl2N5O8S/c1-31(2,3)47-30(44)36-21(27(42)45-6)16-46-24(41)14-22-26(17-10-8-7-9-11-17)38-28(48-22)32(4,5)25-19(33)12-18(13-20(25)34)39-29(43)37-23(40)15-35-39/h7-13,15,21H,14,16H2,1-6H3,(H,36,44)(H,37,40,43). The summed E-state index contributed by atoms with van der Waals surface area (Å²) >= 11 is 14.8. The first-order chi connectivity index (χ1) is 22.5. The number of benzene rings is 2. The summed E-state index contributed by atoms with van der Waals surface area (Å²) in [5.74, 6) is -1.50. The van der Waals surface area contributed by atoms with Crippen LogP contribution in [0.15, 0.2) is 58.3 Å². The van der Waals surface area contributed by atoms with Gasteiger partial charge in [0.2, 0.25) is 0 Å². The number of halogens is 2. The zero-order valence-corrected chi connectivity index (χ0v) is 29.2. The van der Waals surface area contributed by atoms with Crippen LogP contribution in [-0.2, 0) is 35.6 Å². The number of thiazole rings is 1. The number of methoxy groups -OCH3 is 1. The lowest BCUT2D eigenvalue weighted by Crippen LogP contribution is -2.47. The Balaban J connectivity index is 1.64. The highest BCUT2D eigenvalue weighted by atomic mass is 35.5. The van der Waals surface area contributed by atoms with Crippen molar-refractivity contribution in [3.05, 3.63) is 95.0 Å². The van der Waals surface area contributed by atoms with E-state index in [0.717, 1.165) is 23.6 Å². The third-order valence-corrected chi connectivity index (χ3v) is 8.76. The summed E-state index contributed by atoms with van der Waals surface area (Å²) in [4.78, 5) is 69.1. The molecule has 0 radical (unpaired) electrons. The monoisotopic (exact) mass is 717 g/mol. The number of carbonyl (C=O) groups is 3. The zero-order chi connectivity index (χ0) is 35.4. The van der Waals surface area contributed by atoms with E-state index in [0.29, 0.717) is 21.1 Å². The van der Waals surface area contributed by atoms with Crippen molar-refractivity contribution in [2.45, 2.75) is 58.1 Å². The molecule has 1 atom stereocenters. The molecule has 1 amide bonds. The van der Waals surface area contributed by atoms with Crippen molar-refractivity contribution in [3.63, 3.8) is 0 Å². The molecule has 48 heavy (non-hydrogen) atoms. The van der Waals surface area contributed by atoms with Crippen LogP contribution in [0.1, 0.15) is 50.1 Å². The fourth-order valence-corrected chi connectivity index (χ4v) is 6.73. The molecule has 1 unspecified atom stereocenters. The Bertz CT molecular complexity index is 1930. The number of amides is 1. The molecule has 0 aliphatic carbocycles. The minimum atomic E-state index is -1.30. The number of aromatic nitrogens is 4. The summed E-state index contributed by atoms with van der Waals surface area (Å²) in [5, 5.41) is 7.23. The molecule has 0 aliphatic rings. The number of hydrogen-bond donors (Lipinski definition) is 2. The normalized spacial score (nSPS) is 12.2. The molecule has 254 valence electrons. The Hall–Kier alpha value is -4.53. The van der Waals surface area contributed by atoms with E-state index in [1.165, 1.54) is 23.5 Å². The van der Waals surface area contributed by atoms with Gasteiger partial charge in [0.25, 0.3) is 5.56 Å². The van der Waals surface area contributed by atoms with Crippen LogP contribution in [0.2, 0.25) is 10.0 Å². The lowest BCUT2D eigenvalue weighted by molar-refractivity contribution is -0.150. The van der Waals surface area contributed by atoms with Crippen molar-refractivity contribution < 1.29 is 28.6 Å². The lowest BCUT2D eigenvalue weighted by Gasteiger charge is -2.26. The van der Waals surface area contributed by atoms with E-state index in [-0.39, 0.29) is 22.2 Å². The van der Waals surface area contributed by atoms with Gasteiger partial charge in [-0.3, -0.25) is 14.6 Å². The fourth-order valence-electron chi connectivity index (χ4n) is 4.60. The first kappa shape index (κ1) is 36.3. The molecule has 4 rings (SSSR count). The van der Waals surface area contributed by atoms with E-state index in [4.69, 9.17) is 42.4 Å². The van der Waals surface area contributed by atoms with E-state index >= 15 is 0 Å². The first-order valence-corrected chi connectivity index (χ1v) is 16.0. The van der Waals surface area contributed by atoms with E-state index in [1.807, 2.05) is 44.2 Å². The van der Waals surface area contributed by atoms with Crippen LogP contribution in [0.3, 0.4) is 0 Å². The average molecular weight is 719 g/mol. The lowest BCUT2D eigenvalue weighted by atomic mass is 9.85. The van der Waals surface area contributed by atoms with Crippen molar-refractivity contribution in [2.75, 3.05) is 13.7 Å². The van der Waals surface area contributed by atoms with Crippen LogP contribution in [0.4, 0.5) is 4.79 Å². The first-order valence-electron chi connectivity index (χ1n) is 14.5. The summed E-state index contributed by atoms with van der Waals surface area (Å²) in [6.45, 7) is 8.24. The second-order valence-electron chi connectivity index (χ2n) is 12.0. The molecule has 0 saturated carbocycles. The Morgan fingerprint density at radius 2 is 1.69 bits per heavy atom. The predicted molar refractivity (Wildman–Crippen MR) is 180 cm³/mol. The van der Waals surface area contributed by atoms with Gasteiger partial charge in [-0.1, -0.05) is 53.5 Å². The van der Waals surface area contributed by atoms with Gasteiger partial charge >= 0.3 is 23.7 Å². The fraction of sp³-hybridized carbons (Fsp3) is 0.344. The van der Waals surface area contributed by atoms with Gasteiger partial charge in [0.1, 0.15) is 23.4 Å². The van der Waals surface area contributed by atoms with Crippen LogP contribution in [0, 0.1) is 0 Å². The molecule has 13 nitrogen and oxygen atoms in total. The average Bonchev–Trinajstić information content (AvgIpc) is 3.42. The number of hydrogen-bond acceptors (Lipinski definition) is 11. The van der Waals surface area contributed by atoms with Gasteiger partial charge in [-0.25, -0.2) is 19.4 Å². The highest BCUT2D eigenvalue weighted by molar-refractivity contribution is 7.12. The van der Waals surface area contributed by atoms with Crippen LogP contribution < -0.4 is 16.6 Å². The van der Waals surface area contributed by atoms with Gasteiger partial charge in [-0.05, 0) is 46.8 Å². The second-order valence-corrected chi connectivity index (χ2v) is 13.9. The predicted octanol–water partition coefficient (Wildman–Crippen LogP) is 4.83. The van der Waals surface area contributed by atoms with E-state index < -0.39 is 52.9 Å². The molecule has 0 spiro atoms. The molecule has 2 N–H and O–H groups in total. The van der Waals surface area contributed by atoms with Crippen molar-refractivity contribution >= 4 is 52.6 Å². The number of alkyl carbamates (subject to hydrolysis) is 1. The minimum absolute atomic E-state index is 0.209. The number of esters is 2. The van der Waals surface area contributed by atoms with Crippen molar-refractivity contribution in [1.82, 2.24) is 25.1 Å². The van der Waals surface area contributed by atoms with Crippen molar-refractivity contribution in [3.8, 4) is 16.9 Å². The molecule has 16 heteroatoms. The highest BCUT2D eigenvalue weighted by Gasteiger charge is 2.34. The quantitative estimate of drug-likeness (QED) is 0.171. The molecule has 2 heterocycles. The number of rotatable bonds is 10. The largest absolute Gasteiger partial charge is 0.467 e. The van der Waals surface area contributed by atoms with E-state index in [1.54, 1.807) is 20.8 Å². The number of carbonyl (C=O) groups excluding carboxylic acids is 3. The maximum atomic E-state index is 13.1. The van der Waals surface area contributed by atoms with Crippen molar-refractivity contribution in [1.29, 1.82) is 0 Å². The molecule has 0 saturated heterocycles. The molecule has 2 aromatic carbocycles. The molecular weight excluding hydrogens is 685 g/mol. The maximum absolute atomic E-state index is 13.1. The highest BCUT2D eigenvalue weighted by Crippen LogP contribution is 2.44. The Labute approximate surface area is 289 Å². The van der Waals surface area contributed by atoms with Gasteiger partial charge in [-0.2, -0.15) is 9.78 Å². The summed E-state index contributed by atoms with van der Waals surface area (Å²) in [7, 11) is 1.15. The van der Waals surface area contributed by atoms with Gasteiger partial charge in [-0.15, -0.1) is 11.3 Å². The minimum Gasteiger partial charge on any atom is -0.467 e. The third-order valence-electron chi connectivity index (χ3n) is 6.78. The summed E-state index contributed by atoms with van der Waals surface area (Å²) in [5.41, 5.74) is -1.11. The zero-order valence-electron chi connectivity index (χ0n) is 26.9. The topological polar surface area (TPSA) is 172 Å². The molecule has 0 bridgehead atoms. The van der Waals surface area contributed by atoms with Gasteiger partial charge in [0.05, 0.1) is 24.9 Å². The Morgan fingerprint density at radius 3 is 2.27 bits per heavy atom. The molecule has 0 fully saturated rings. The Kier molecular flexibility index (Phi) is 11.1. The third kappa shape index (κ3) is 8.68. The summed E-state index contributed by atoms with van der Waals surface area (Å²) in [6.07, 6.45) is -0.122. The Morgan fingerprint density at radius 1 is 1.04 bits per heavy atom. The van der Waals surface area contributed by atoms with Gasteiger partial charge < -0.3 is 19.5 Å². The SMILES string of the molecule is COC(=O)C(COC(=O)Cc1sc(C(C)(C)c2c(Cl)cc(-n3ncc(=O)[nH]c3=O)cc2Cl)nc1-c1ccccc1)NC(=O)OC(C)(C)C. The summed E-state index contributed by atoms with van der Waals surface area (Å²) < 4.78 is 16.3. The number of aromatic amines is 1. The van der Waals surface area contributed by atoms with Gasteiger partial charge in [0.15, 0.2) is 6.04 Å². The number of nitrogens with one attached hydrogen (secondary N) is 2. The second kappa shape index (κ2) is 14.7. The molecular formula is C32H33Cl2N5O8S. The smallest absolute Gasteiger partial charge is 0.408 e.